The Hall–Kier alpha value is -3.35. The molecule has 0 saturated carbocycles. The summed E-state index contributed by atoms with van der Waals surface area (Å²) in [5, 5.41) is 2.49. The van der Waals surface area contributed by atoms with Crippen molar-refractivity contribution in [2.24, 2.45) is 5.73 Å². The molecule has 2 aromatic carbocycles. The van der Waals surface area contributed by atoms with Gasteiger partial charge in [0, 0.05) is 0 Å². The van der Waals surface area contributed by atoms with Gasteiger partial charge in [-0.2, -0.15) is 0 Å². The van der Waals surface area contributed by atoms with Crippen molar-refractivity contribution in [1.82, 2.24) is 0 Å². The highest BCUT2D eigenvalue weighted by atomic mass is 16.5. The highest BCUT2D eigenvalue weighted by Gasteiger charge is 2.12. The second kappa shape index (κ2) is 9.22. The van der Waals surface area contributed by atoms with Crippen molar-refractivity contribution in [3.05, 3.63) is 59.7 Å². The average molecular weight is 356 g/mol. The molecule has 0 aliphatic carbocycles. The van der Waals surface area contributed by atoms with Gasteiger partial charge in [0.25, 0.3) is 11.8 Å². The predicted octanol–water partition coefficient (Wildman–Crippen LogP) is 2.04. The van der Waals surface area contributed by atoms with Gasteiger partial charge in [-0.05, 0) is 30.7 Å². The first kappa shape index (κ1) is 19.0. The normalized spacial score (nSPS) is 10.0. The van der Waals surface area contributed by atoms with Gasteiger partial charge in [-0.1, -0.05) is 30.3 Å². The van der Waals surface area contributed by atoms with Crippen molar-refractivity contribution in [2.75, 3.05) is 18.5 Å². The molecule has 0 saturated heterocycles. The molecule has 0 radical (unpaired) electrons. The second-order valence-corrected chi connectivity index (χ2v) is 5.48. The largest absolute Gasteiger partial charge is 0.493 e. The van der Waals surface area contributed by atoms with E-state index in [9.17, 15) is 14.4 Å². The number of carbonyl (C=O) groups is 3. The van der Waals surface area contributed by atoms with Crippen LogP contribution in [-0.2, 0) is 14.3 Å². The lowest BCUT2D eigenvalue weighted by Crippen LogP contribution is -2.23. The Morgan fingerprint density at radius 3 is 2.46 bits per heavy atom. The van der Waals surface area contributed by atoms with Gasteiger partial charge in [-0.3, -0.25) is 14.4 Å². The molecule has 0 unspecified atom stereocenters. The van der Waals surface area contributed by atoms with E-state index in [1.807, 2.05) is 31.2 Å². The molecule has 0 fully saturated rings. The third-order valence-corrected chi connectivity index (χ3v) is 3.49. The van der Waals surface area contributed by atoms with Crippen LogP contribution < -0.4 is 15.8 Å². The van der Waals surface area contributed by atoms with E-state index in [-0.39, 0.29) is 24.3 Å². The molecule has 0 bridgehead atoms. The zero-order chi connectivity index (χ0) is 18.9. The fourth-order valence-corrected chi connectivity index (χ4v) is 2.17. The summed E-state index contributed by atoms with van der Waals surface area (Å²) in [6.07, 6.45) is 0.0134. The summed E-state index contributed by atoms with van der Waals surface area (Å²) in [7, 11) is 0. The van der Waals surface area contributed by atoms with Crippen LogP contribution in [0.2, 0.25) is 0 Å². The summed E-state index contributed by atoms with van der Waals surface area (Å²) in [5.74, 6) is -1.09. The Labute approximate surface area is 151 Å². The smallest absolute Gasteiger partial charge is 0.309 e. The van der Waals surface area contributed by atoms with Gasteiger partial charge in [0.05, 0.1) is 24.3 Å². The van der Waals surface area contributed by atoms with E-state index in [4.69, 9.17) is 15.2 Å². The number of nitrogens with one attached hydrogen (secondary N) is 1. The summed E-state index contributed by atoms with van der Waals surface area (Å²) < 4.78 is 10.4. The van der Waals surface area contributed by atoms with Gasteiger partial charge in [0.15, 0.2) is 6.61 Å². The molecule has 0 aliphatic heterocycles. The number of ether oxygens (including phenoxy) is 2. The average Bonchev–Trinajstić information content (AvgIpc) is 2.62. The number of carbonyl (C=O) groups excluding carboxylic acids is 3. The highest BCUT2D eigenvalue weighted by Crippen LogP contribution is 2.16. The lowest BCUT2D eigenvalue weighted by atomic mass is 10.1. The number of hydrogen-bond acceptors (Lipinski definition) is 5. The summed E-state index contributed by atoms with van der Waals surface area (Å²) in [6.45, 7) is 1.59. The minimum absolute atomic E-state index is 0.0134. The van der Waals surface area contributed by atoms with Crippen LogP contribution in [0.5, 0.6) is 5.75 Å². The number of amides is 2. The van der Waals surface area contributed by atoms with Gasteiger partial charge in [-0.15, -0.1) is 0 Å². The van der Waals surface area contributed by atoms with Gasteiger partial charge in [0.1, 0.15) is 5.75 Å². The number of aryl methyl sites for hydroxylation is 1. The molecular weight excluding hydrogens is 336 g/mol. The summed E-state index contributed by atoms with van der Waals surface area (Å²) in [4.78, 5) is 34.9. The molecule has 2 rings (SSSR count). The van der Waals surface area contributed by atoms with Crippen LogP contribution in [0.3, 0.4) is 0 Å². The predicted molar refractivity (Wildman–Crippen MR) is 95.8 cm³/mol. The van der Waals surface area contributed by atoms with E-state index in [2.05, 4.69) is 5.32 Å². The molecular formula is C19H20N2O5. The van der Waals surface area contributed by atoms with E-state index in [0.29, 0.717) is 5.75 Å². The molecule has 136 valence electrons. The molecule has 0 aliphatic rings. The van der Waals surface area contributed by atoms with Crippen LogP contribution in [0, 0.1) is 6.92 Å². The summed E-state index contributed by atoms with van der Waals surface area (Å²) in [5.41, 5.74) is 6.65. The highest BCUT2D eigenvalue weighted by molar-refractivity contribution is 6.03. The van der Waals surface area contributed by atoms with Crippen LogP contribution in [0.25, 0.3) is 0 Å². The molecule has 7 nitrogen and oxygen atoms in total. The number of anilines is 1. The van der Waals surface area contributed by atoms with Gasteiger partial charge < -0.3 is 20.5 Å². The fraction of sp³-hybridized carbons (Fsp3) is 0.211. The maximum absolute atomic E-state index is 11.9. The molecule has 0 spiro atoms. The lowest BCUT2D eigenvalue weighted by molar-refractivity contribution is -0.147. The molecule has 2 amide bonds. The standard InChI is InChI=1S/C19H20N2O5/c1-13-6-2-5-9-16(13)25-11-10-18(23)26-12-17(22)21-15-8-4-3-7-14(15)19(20)24/h2-9H,10-12H2,1H3,(H2,20,24)(H,21,22). The molecule has 7 heteroatoms. The first-order chi connectivity index (χ1) is 12.5. The van der Waals surface area contributed by atoms with Crippen LogP contribution >= 0.6 is 0 Å². The maximum Gasteiger partial charge on any atom is 0.309 e. The minimum atomic E-state index is -0.661. The summed E-state index contributed by atoms with van der Waals surface area (Å²) in [6, 6.07) is 13.8. The van der Waals surface area contributed by atoms with Crippen molar-refractivity contribution in [1.29, 1.82) is 0 Å². The summed E-state index contributed by atoms with van der Waals surface area (Å²) >= 11 is 0. The zero-order valence-electron chi connectivity index (χ0n) is 14.4. The van der Waals surface area contributed by atoms with Crippen molar-refractivity contribution in [3.63, 3.8) is 0 Å². The number of esters is 1. The van der Waals surface area contributed by atoms with Gasteiger partial charge in [-0.25, -0.2) is 0 Å². The second-order valence-electron chi connectivity index (χ2n) is 5.48. The van der Waals surface area contributed by atoms with Crippen LogP contribution in [0.4, 0.5) is 5.69 Å². The van der Waals surface area contributed by atoms with Crippen LogP contribution in [0.1, 0.15) is 22.3 Å². The quantitative estimate of drug-likeness (QED) is 0.704. The van der Waals surface area contributed by atoms with E-state index in [1.165, 1.54) is 12.1 Å². The third kappa shape index (κ3) is 5.62. The Bertz CT molecular complexity index is 804. The van der Waals surface area contributed by atoms with Crippen molar-refractivity contribution < 1.29 is 23.9 Å². The van der Waals surface area contributed by atoms with Crippen molar-refractivity contribution >= 4 is 23.5 Å². The molecule has 0 heterocycles. The molecule has 2 aromatic rings. The van der Waals surface area contributed by atoms with Crippen molar-refractivity contribution in [2.45, 2.75) is 13.3 Å². The molecule has 26 heavy (non-hydrogen) atoms. The lowest BCUT2D eigenvalue weighted by Gasteiger charge is -2.10. The van der Waals surface area contributed by atoms with Crippen LogP contribution in [0.15, 0.2) is 48.5 Å². The zero-order valence-corrected chi connectivity index (χ0v) is 14.4. The monoisotopic (exact) mass is 356 g/mol. The number of rotatable bonds is 8. The SMILES string of the molecule is Cc1ccccc1OCCC(=O)OCC(=O)Nc1ccccc1C(N)=O. The van der Waals surface area contributed by atoms with Gasteiger partial charge >= 0.3 is 5.97 Å². The van der Waals surface area contributed by atoms with Crippen molar-refractivity contribution in [3.8, 4) is 5.75 Å². The Kier molecular flexibility index (Phi) is 6.73. The van der Waals surface area contributed by atoms with E-state index in [0.717, 1.165) is 5.56 Å². The van der Waals surface area contributed by atoms with E-state index >= 15 is 0 Å². The van der Waals surface area contributed by atoms with Crippen LogP contribution in [-0.4, -0.2) is 31.0 Å². The first-order valence-electron chi connectivity index (χ1n) is 8.00. The molecule has 0 aromatic heterocycles. The first-order valence-corrected chi connectivity index (χ1v) is 8.00. The third-order valence-electron chi connectivity index (χ3n) is 3.49. The topological polar surface area (TPSA) is 108 Å². The number of primary amides is 1. The fourth-order valence-electron chi connectivity index (χ4n) is 2.17. The Morgan fingerprint density at radius 2 is 1.73 bits per heavy atom. The number of benzene rings is 2. The van der Waals surface area contributed by atoms with Gasteiger partial charge in [0.2, 0.25) is 0 Å². The van der Waals surface area contributed by atoms with E-state index < -0.39 is 24.4 Å². The molecule has 3 N–H and O–H groups in total. The number of nitrogens with two attached hydrogens (primary N) is 1. The Balaban J connectivity index is 1.74. The maximum atomic E-state index is 11.9. The van der Waals surface area contributed by atoms with E-state index in [1.54, 1.807) is 12.1 Å². The number of para-hydroxylation sites is 2. The minimum Gasteiger partial charge on any atom is -0.493 e. The molecule has 0 atom stereocenters. The Morgan fingerprint density at radius 1 is 1.04 bits per heavy atom. The number of hydrogen-bond donors (Lipinski definition) is 2.